The van der Waals surface area contributed by atoms with Crippen LogP contribution < -0.4 is 5.56 Å². The smallest absolute Gasteiger partial charge is 0.285 e. The number of rotatable bonds is 3. The number of aromatic nitrogens is 2. The van der Waals surface area contributed by atoms with Crippen LogP contribution in [-0.2, 0) is 19.4 Å². The van der Waals surface area contributed by atoms with Gasteiger partial charge in [-0.15, -0.1) is 0 Å². The van der Waals surface area contributed by atoms with E-state index in [9.17, 15) is 9.59 Å². The second-order valence-electron chi connectivity index (χ2n) is 5.92. The molecule has 5 heteroatoms. The highest BCUT2D eigenvalue weighted by Gasteiger charge is 2.17. The molecule has 0 radical (unpaired) electrons. The monoisotopic (exact) mass is 307 g/mol. The SMILES string of the molecule is Cc1nn(CC(=O)c2ccc3c(c2)CCC3)c(=O)c(C#N)c1C. The molecular formula is C18H17N3O2. The van der Waals surface area contributed by atoms with Crippen molar-refractivity contribution < 1.29 is 4.79 Å². The van der Waals surface area contributed by atoms with Gasteiger partial charge < -0.3 is 0 Å². The maximum atomic E-state index is 12.5. The van der Waals surface area contributed by atoms with Crippen molar-refractivity contribution in [3.05, 3.63) is 62.1 Å². The molecule has 1 aliphatic carbocycles. The Morgan fingerprint density at radius 2 is 2.04 bits per heavy atom. The standard InChI is InChI=1S/C18H17N3O2/c1-11-12(2)20-21(18(23)16(11)9-19)10-17(22)15-7-6-13-4-3-5-14(13)8-15/h6-8H,3-5,10H2,1-2H3. The minimum atomic E-state index is -0.509. The third kappa shape index (κ3) is 2.68. The number of aryl methyl sites for hydroxylation is 3. The molecule has 3 rings (SSSR count). The molecule has 23 heavy (non-hydrogen) atoms. The first-order valence-corrected chi connectivity index (χ1v) is 7.64. The molecule has 0 saturated carbocycles. The molecule has 1 aromatic carbocycles. The fourth-order valence-corrected chi connectivity index (χ4v) is 2.98. The van der Waals surface area contributed by atoms with Crippen molar-refractivity contribution in [1.29, 1.82) is 5.26 Å². The Bertz CT molecular complexity index is 904. The second kappa shape index (κ2) is 5.81. The first-order valence-electron chi connectivity index (χ1n) is 7.64. The van der Waals surface area contributed by atoms with Crippen molar-refractivity contribution in [2.75, 3.05) is 0 Å². The van der Waals surface area contributed by atoms with Crippen LogP contribution in [0, 0.1) is 25.2 Å². The van der Waals surface area contributed by atoms with E-state index in [1.807, 2.05) is 24.3 Å². The fraction of sp³-hybridized carbons (Fsp3) is 0.333. The van der Waals surface area contributed by atoms with E-state index < -0.39 is 5.56 Å². The number of Topliss-reactive ketones (excluding diaryl/α,β-unsaturated/α-hetero) is 1. The summed E-state index contributed by atoms with van der Waals surface area (Å²) in [6.45, 7) is 3.27. The zero-order valence-corrected chi connectivity index (χ0v) is 13.2. The van der Waals surface area contributed by atoms with Crippen LogP contribution in [0.1, 0.15) is 44.7 Å². The molecule has 2 aromatic rings. The summed E-state index contributed by atoms with van der Waals surface area (Å²) in [5.41, 5.74) is 3.81. The second-order valence-corrected chi connectivity index (χ2v) is 5.92. The highest BCUT2D eigenvalue weighted by atomic mass is 16.1. The minimum Gasteiger partial charge on any atom is -0.292 e. The Hall–Kier alpha value is -2.74. The number of carbonyl (C=O) groups excluding carboxylic acids is 1. The highest BCUT2D eigenvalue weighted by Crippen LogP contribution is 2.23. The number of nitriles is 1. The van der Waals surface area contributed by atoms with Crippen LogP contribution in [0.3, 0.4) is 0 Å². The van der Waals surface area contributed by atoms with E-state index in [1.54, 1.807) is 13.8 Å². The summed E-state index contributed by atoms with van der Waals surface area (Å²) in [5, 5.41) is 13.3. The highest BCUT2D eigenvalue weighted by molar-refractivity contribution is 5.96. The average molecular weight is 307 g/mol. The van der Waals surface area contributed by atoms with E-state index >= 15 is 0 Å². The summed E-state index contributed by atoms with van der Waals surface area (Å²) in [5.74, 6) is -0.165. The third-order valence-corrected chi connectivity index (χ3v) is 4.46. The lowest BCUT2D eigenvalue weighted by Gasteiger charge is -2.09. The molecule has 0 aliphatic heterocycles. The molecule has 1 aromatic heterocycles. The predicted octanol–water partition coefficient (Wildman–Crippen LogP) is 2.10. The van der Waals surface area contributed by atoms with Crippen molar-refractivity contribution in [1.82, 2.24) is 9.78 Å². The molecule has 0 amide bonds. The van der Waals surface area contributed by atoms with Crippen LogP contribution in [0.5, 0.6) is 0 Å². The molecule has 0 spiro atoms. The van der Waals surface area contributed by atoms with E-state index in [1.165, 1.54) is 11.1 Å². The van der Waals surface area contributed by atoms with E-state index in [0.717, 1.165) is 23.9 Å². The Balaban J connectivity index is 1.94. The van der Waals surface area contributed by atoms with Crippen LogP contribution in [0.2, 0.25) is 0 Å². The Morgan fingerprint density at radius 3 is 2.78 bits per heavy atom. The van der Waals surface area contributed by atoms with Gasteiger partial charge in [0.2, 0.25) is 0 Å². The maximum absolute atomic E-state index is 12.5. The molecule has 0 fully saturated rings. The van der Waals surface area contributed by atoms with E-state index in [4.69, 9.17) is 5.26 Å². The third-order valence-electron chi connectivity index (χ3n) is 4.46. The number of fused-ring (bicyclic) bond motifs is 1. The topological polar surface area (TPSA) is 75.8 Å². The number of hydrogen-bond donors (Lipinski definition) is 0. The van der Waals surface area contributed by atoms with Gasteiger partial charge in [-0.1, -0.05) is 12.1 Å². The van der Waals surface area contributed by atoms with E-state index in [-0.39, 0.29) is 17.9 Å². The van der Waals surface area contributed by atoms with Gasteiger partial charge in [0.25, 0.3) is 5.56 Å². The number of benzene rings is 1. The Morgan fingerprint density at radius 1 is 1.30 bits per heavy atom. The minimum absolute atomic E-state index is 0.0549. The summed E-state index contributed by atoms with van der Waals surface area (Å²) in [7, 11) is 0. The first-order chi connectivity index (χ1) is 11.0. The molecule has 0 unspecified atom stereocenters. The van der Waals surface area contributed by atoms with Crippen molar-refractivity contribution in [2.24, 2.45) is 0 Å². The number of hydrogen-bond acceptors (Lipinski definition) is 4. The van der Waals surface area contributed by atoms with Crippen molar-refractivity contribution in [3.8, 4) is 6.07 Å². The zero-order chi connectivity index (χ0) is 16.6. The van der Waals surface area contributed by atoms with E-state index in [0.29, 0.717) is 16.8 Å². The zero-order valence-electron chi connectivity index (χ0n) is 13.2. The molecule has 1 aliphatic rings. The molecule has 1 heterocycles. The van der Waals surface area contributed by atoms with Crippen molar-refractivity contribution in [3.63, 3.8) is 0 Å². The Labute approximate surface area is 134 Å². The summed E-state index contributed by atoms with van der Waals surface area (Å²) < 4.78 is 1.09. The van der Waals surface area contributed by atoms with Crippen molar-refractivity contribution in [2.45, 2.75) is 39.7 Å². The first kappa shape index (κ1) is 15.2. The fourth-order valence-electron chi connectivity index (χ4n) is 2.98. The van der Waals surface area contributed by atoms with Crippen molar-refractivity contribution >= 4 is 5.78 Å². The van der Waals surface area contributed by atoms with Crippen LogP contribution in [-0.4, -0.2) is 15.6 Å². The lowest BCUT2D eigenvalue weighted by Crippen LogP contribution is -2.30. The largest absolute Gasteiger partial charge is 0.292 e. The van der Waals surface area contributed by atoms with Gasteiger partial charge in [-0.2, -0.15) is 10.4 Å². The molecular weight excluding hydrogens is 290 g/mol. The lowest BCUT2D eigenvalue weighted by molar-refractivity contribution is 0.0965. The molecule has 0 saturated heterocycles. The molecule has 116 valence electrons. The quantitative estimate of drug-likeness (QED) is 0.814. The Kier molecular flexibility index (Phi) is 3.83. The van der Waals surface area contributed by atoms with Gasteiger partial charge in [-0.25, -0.2) is 4.68 Å². The average Bonchev–Trinajstić information content (AvgIpc) is 3.00. The predicted molar refractivity (Wildman–Crippen MR) is 85.5 cm³/mol. The van der Waals surface area contributed by atoms with Gasteiger partial charge in [-0.3, -0.25) is 9.59 Å². The van der Waals surface area contributed by atoms with Crippen LogP contribution in [0.15, 0.2) is 23.0 Å². The maximum Gasteiger partial charge on any atom is 0.285 e. The number of ketones is 1. The van der Waals surface area contributed by atoms with Crippen LogP contribution in [0.4, 0.5) is 0 Å². The van der Waals surface area contributed by atoms with Gasteiger partial charge in [0.05, 0.1) is 5.69 Å². The van der Waals surface area contributed by atoms with Gasteiger partial charge in [-0.05, 0) is 55.9 Å². The van der Waals surface area contributed by atoms with E-state index in [2.05, 4.69) is 5.10 Å². The number of nitrogens with zero attached hydrogens (tertiary/aromatic N) is 3. The molecule has 0 N–H and O–H groups in total. The van der Waals surface area contributed by atoms with Crippen LogP contribution in [0.25, 0.3) is 0 Å². The van der Waals surface area contributed by atoms with Crippen LogP contribution >= 0.6 is 0 Å². The summed E-state index contributed by atoms with van der Waals surface area (Å²) in [6, 6.07) is 7.63. The molecule has 5 nitrogen and oxygen atoms in total. The summed E-state index contributed by atoms with van der Waals surface area (Å²) in [4.78, 5) is 24.7. The van der Waals surface area contributed by atoms with Gasteiger partial charge >= 0.3 is 0 Å². The lowest BCUT2D eigenvalue weighted by atomic mass is 10.0. The number of carbonyl (C=O) groups is 1. The van der Waals surface area contributed by atoms with Gasteiger partial charge in [0.1, 0.15) is 18.2 Å². The normalized spacial score (nSPS) is 12.7. The summed E-state index contributed by atoms with van der Waals surface area (Å²) >= 11 is 0. The molecule has 0 atom stereocenters. The molecule has 0 bridgehead atoms. The summed E-state index contributed by atoms with van der Waals surface area (Å²) in [6.07, 6.45) is 3.18. The van der Waals surface area contributed by atoms with Gasteiger partial charge in [0.15, 0.2) is 5.78 Å². The van der Waals surface area contributed by atoms with Gasteiger partial charge in [0, 0.05) is 5.56 Å².